The average Bonchev–Trinajstić information content (AvgIpc) is 3.18. The van der Waals surface area contributed by atoms with Gasteiger partial charge in [-0.2, -0.15) is 0 Å². The van der Waals surface area contributed by atoms with Crippen LogP contribution in [0.15, 0.2) is 30.3 Å². The Bertz CT molecular complexity index is 539. The van der Waals surface area contributed by atoms with Crippen LogP contribution in [0.3, 0.4) is 0 Å². The first-order valence-corrected chi connectivity index (χ1v) is 7.81. The normalized spacial score (nSPS) is 28.1. The molecule has 1 aliphatic carbocycles. The SMILES string of the molecule is O=C(O)C1CC1C(=O)NC(CC1CCOC1)c1ccccc1. The zero-order chi connectivity index (χ0) is 15.5. The van der Waals surface area contributed by atoms with E-state index in [1.54, 1.807) is 0 Å². The van der Waals surface area contributed by atoms with Crippen LogP contribution in [0.5, 0.6) is 0 Å². The number of hydrogen-bond acceptors (Lipinski definition) is 3. The van der Waals surface area contributed by atoms with Gasteiger partial charge in [-0.05, 0) is 30.7 Å². The number of ether oxygens (including phenoxy) is 1. The number of nitrogens with one attached hydrogen (secondary N) is 1. The zero-order valence-corrected chi connectivity index (χ0v) is 12.4. The van der Waals surface area contributed by atoms with Crippen molar-refractivity contribution in [1.82, 2.24) is 5.32 Å². The van der Waals surface area contributed by atoms with E-state index in [-0.39, 0.29) is 17.9 Å². The Balaban J connectivity index is 1.66. The van der Waals surface area contributed by atoms with Crippen molar-refractivity contribution < 1.29 is 19.4 Å². The first-order valence-electron chi connectivity index (χ1n) is 7.81. The molecule has 1 aliphatic heterocycles. The molecule has 2 fully saturated rings. The minimum atomic E-state index is -0.874. The van der Waals surface area contributed by atoms with Crippen molar-refractivity contribution in [3.8, 4) is 0 Å². The Morgan fingerprint density at radius 1 is 1.27 bits per heavy atom. The number of aliphatic carboxylic acids is 1. The van der Waals surface area contributed by atoms with Crippen LogP contribution < -0.4 is 5.32 Å². The van der Waals surface area contributed by atoms with Gasteiger partial charge in [-0.1, -0.05) is 30.3 Å². The van der Waals surface area contributed by atoms with Gasteiger partial charge in [0.25, 0.3) is 0 Å². The molecular weight excluding hydrogens is 282 g/mol. The summed E-state index contributed by atoms with van der Waals surface area (Å²) in [6, 6.07) is 9.79. The molecule has 1 saturated heterocycles. The summed E-state index contributed by atoms with van der Waals surface area (Å²) in [6.07, 6.45) is 2.30. The molecule has 1 aromatic carbocycles. The van der Waals surface area contributed by atoms with Crippen LogP contribution >= 0.6 is 0 Å². The molecule has 2 aliphatic rings. The molecule has 0 spiro atoms. The van der Waals surface area contributed by atoms with Crippen LogP contribution in [-0.2, 0) is 14.3 Å². The lowest BCUT2D eigenvalue weighted by Crippen LogP contribution is -2.32. The van der Waals surface area contributed by atoms with Crippen LogP contribution in [0.1, 0.15) is 30.9 Å². The second kappa shape index (κ2) is 6.48. The van der Waals surface area contributed by atoms with Gasteiger partial charge in [-0.15, -0.1) is 0 Å². The standard InChI is InChI=1S/C17H21NO4/c19-16(13-9-14(13)17(20)21)18-15(8-11-6-7-22-10-11)12-4-2-1-3-5-12/h1-5,11,13-15H,6-10H2,(H,18,19)(H,20,21). The summed E-state index contributed by atoms with van der Waals surface area (Å²) in [6.45, 7) is 1.52. The summed E-state index contributed by atoms with van der Waals surface area (Å²) in [5, 5.41) is 12.0. The Kier molecular flexibility index (Phi) is 4.43. The van der Waals surface area contributed by atoms with Crippen molar-refractivity contribution in [2.75, 3.05) is 13.2 Å². The molecule has 0 aromatic heterocycles. The van der Waals surface area contributed by atoms with Gasteiger partial charge in [0.1, 0.15) is 0 Å². The lowest BCUT2D eigenvalue weighted by Gasteiger charge is -2.22. The monoisotopic (exact) mass is 303 g/mol. The van der Waals surface area contributed by atoms with Crippen molar-refractivity contribution >= 4 is 11.9 Å². The van der Waals surface area contributed by atoms with Gasteiger partial charge in [0.15, 0.2) is 0 Å². The first kappa shape index (κ1) is 15.0. The minimum absolute atomic E-state index is 0.0737. The van der Waals surface area contributed by atoms with Crippen molar-refractivity contribution in [2.24, 2.45) is 17.8 Å². The summed E-state index contributed by atoms with van der Waals surface area (Å²) in [7, 11) is 0. The Labute approximate surface area is 129 Å². The van der Waals surface area contributed by atoms with Crippen molar-refractivity contribution in [3.63, 3.8) is 0 Å². The van der Waals surface area contributed by atoms with Gasteiger partial charge >= 0.3 is 5.97 Å². The number of carboxylic acid groups (broad SMARTS) is 1. The highest BCUT2D eigenvalue weighted by Crippen LogP contribution is 2.39. The van der Waals surface area contributed by atoms with E-state index in [9.17, 15) is 9.59 Å². The quantitative estimate of drug-likeness (QED) is 0.842. The third-order valence-electron chi connectivity index (χ3n) is 4.56. The fraction of sp³-hybridized carbons (Fsp3) is 0.529. The molecular formula is C17H21NO4. The van der Waals surface area contributed by atoms with E-state index in [4.69, 9.17) is 9.84 Å². The highest BCUT2D eigenvalue weighted by molar-refractivity contribution is 5.89. The summed E-state index contributed by atoms with van der Waals surface area (Å²) < 4.78 is 5.42. The molecule has 0 radical (unpaired) electrons. The third kappa shape index (κ3) is 3.47. The second-order valence-corrected chi connectivity index (χ2v) is 6.22. The Hall–Kier alpha value is -1.88. The Morgan fingerprint density at radius 3 is 2.64 bits per heavy atom. The van der Waals surface area contributed by atoms with Crippen LogP contribution in [-0.4, -0.2) is 30.2 Å². The van der Waals surface area contributed by atoms with E-state index < -0.39 is 11.9 Å². The lowest BCUT2D eigenvalue weighted by molar-refractivity contribution is -0.140. The number of benzene rings is 1. The first-order chi connectivity index (χ1) is 10.6. The molecule has 1 amide bonds. The van der Waals surface area contributed by atoms with Crippen LogP contribution in [0.4, 0.5) is 0 Å². The summed E-state index contributed by atoms with van der Waals surface area (Å²) >= 11 is 0. The molecule has 4 atom stereocenters. The van der Waals surface area contributed by atoms with Crippen LogP contribution in [0.2, 0.25) is 0 Å². The number of amides is 1. The van der Waals surface area contributed by atoms with Gasteiger partial charge in [-0.3, -0.25) is 9.59 Å². The maximum Gasteiger partial charge on any atom is 0.307 e. The number of carbonyl (C=O) groups excluding carboxylic acids is 1. The molecule has 22 heavy (non-hydrogen) atoms. The lowest BCUT2D eigenvalue weighted by atomic mass is 9.94. The summed E-state index contributed by atoms with van der Waals surface area (Å²) in [5.41, 5.74) is 1.07. The second-order valence-electron chi connectivity index (χ2n) is 6.22. The van der Waals surface area contributed by atoms with E-state index in [2.05, 4.69) is 5.32 Å². The minimum Gasteiger partial charge on any atom is -0.481 e. The van der Waals surface area contributed by atoms with Crippen molar-refractivity contribution in [3.05, 3.63) is 35.9 Å². The molecule has 5 heteroatoms. The smallest absolute Gasteiger partial charge is 0.307 e. The van der Waals surface area contributed by atoms with E-state index in [0.717, 1.165) is 31.6 Å². The Morgan fingerprint density at radius 2 is 2.05 bits per heavy atom. The van der Waals surface area contributed by atoms with E-state index >= 15 is 0 Å². The predicted molar refractivity (Wildman–Crippen MR) is 80.1 cm³/mol. The number of rotatable bonds is 6. The summed E-state index contributed by atoms with van der Waals surface area (Å²) in [5.74, 6) is -1.45. The highest BCUT2D eigenvalue weighted by Gasteiger charge is 2.48. The van der Waals surface area contributed by atoms with Gasteiger partial charge in [0.2, 0.25) is 5.91 Å². The largest absolute Gasteiger partial charge is 0.481 e. The molecule has 4 unspecified atom stereocenters. The molecule has 2 N–H and O–H groups in total. The van der Waals surface area contributed by atoms with Gasteiger partial charge in [-0.25, -0.2) is 0 Å². The molecule has 1 saturated carbocycles. The van der Waals surface area contributed by atoms with E-state index in [1.807, 2.05) is 30.3 Å². The van der Waals surface area contributed by atoms with Gasteiger partial charge < -0.3 is 15.2 Å². The van der Waals surface area contributed by atoms with Crippen molar-refractivity contribution in [1.29, 1.82) is 0 Å². The molecule has 5 nitrogen and oxygen atoms in total. The van der Waals surface area contributed by atoms with Gasteiger partial charge in [0.05, 0.1) is 17.9 Å². The molecule has 118 valence electrons. The number of hydrogen-bond donors (Lipinski definition) is 2. The van der Waals surface area contributed by atoms with Gasteiger partial charge in [0, 0.05) is 13.2 Å². The van der Waals surface area contributed by atoms with E-state index in [1.165, 1.54) is 0 Å². The molecule has 1 aromatic rings. The maximum atomic E-state index is 12.3. The molecule has 3 rings (SSSR count). The maximum absolute atomic E-state index is 12.3. The topological polar surface area (TPSA) is 75.6 Å². The number of carbonyl (C=O) groups is 2. The van der Waals surface area contributed by atoms with Crippen LogP contribution in [0, 0.1) is 17.8 Å². The fourth-order valence-corrected chi connectivity index (χ4v) is 3.10. The average molecular weight is 303 g/mol. The predicted octanol–water partition coefficient (Wildman–Crippen LogP) is 1.99. The summed E-state index contributed by atoms with van der Waals surface area (Å²) in [4.78, 5) is 23.2. The van der Waals surface area contributed by atoms with Crippen molar-refractivity contribution in [2.45, 2.75) is 25.3 Å². The fourth-order valence-electron chi connectivity index (χ4n) is 3.10. The molecule has 0 bridgehead atoms. The molecule has 1 heterocycles. The zero-order valence-electron chi connectivity index (χ0n) is 12.4. The highest BCUT2D eigenvalue weighted by atomic mass is 16.5. The number of carboxylic acids is 1. The van der Waals surface area contributed by atoms with Crippen LogP contribution in [0.25, 0.3) is 0 Å². The third-order valence-corrected chi connectivity index (χ3v) is 4.56. The van der Waals surface area contributed by atoms with E-state index in [0.29, 0.717) is 12.3 Å².